The first-order chi connectivity index (χ1) is 8.80. The topological polar surface area (TPSA) is 17.1 Å². The van der Waals surface area contributed by atoms with Crippen LogP contribution in [0.3, 0.4) is 0 Å². The highest BCUT2D eigenvalue weighted by atomic mass is 32.1. The second kappa shape index (κ2) is 4.93. The fraction of sp³-hybridized carbons (Fsp3) is 0.353. The average molecular weight is 272 g/mol. The van der Waals surface area contributed by atoms with Crippen molar-refractivity contribution in [2.75, 3.05) is 0 Å². The second-order valence-corrected chi connectivity index (χ2v) is 7.09. The van der Waals surface area contributed by atoms with Crippen molar-refractivity contribution in [2.24, 2.45) is 0 Å². The van der Waals surface area contributed by atoms with Gasteiger partial charge in [0.25, 0.3) is 0 Å². The highest BCUT2D eigenvalue weighted by Gasteiger charge is 2.20. The van der Waals surface area contributed by atoms with Crippen LogP contribution in [-0.4, -0.2) is 5.78 Å². The van der Waals surface area contributed by atoms with Gasteiger partial charge in [0.15, 0.2) is 0 Å². The van der Waals surface area contributed by atoms with Crippen LogP contribution in [0.4, 0.5) is 0 Å². The number of carbonyl (C=O) groups is 1. The molecule has 2 heteroatoms. The maximum atomic E-state index is 12.6. The standard InChI is InChI=1S/C17H20OS/c1-11-7-6-8-12(2)15(11)16(18)13-9-10-14(19-13)17(3,4)5/h6-10H,1-5H3. The van der Waals surface area contributed by atoms with Crippen LogP contribution in [0.5, 0.6) is 0 Å². The van der Waals surface area contributed by atoms with E-state index in [0.717, 1.165) is 21.6 Å². The molecule has 2 aromatic rings. The van der Waals surface area contributed by atoms with Gasteiger partial charge in [-0.15, -0.1) is 11.3 Å². The van der Waals surface area contributed by atoms with Gasteiger partial charge in [-0.1, -0.05) is 39.0 Å². The maximum absolute atomic E-state index is 12.6. The molecule has 0 radical (unpaired) electrons. The highest BCUT2D eigenvalue weighted by molar-refractivity contribution is 7.14. The van der Waals surface area contributed by atoms with Gasteiger partial charge in [-0.2, -0.15) is 0 Å². The highest BCUT2D eigenvalue weighted by Crippen LogP contribution is 2.31. The summed E-state index contributed by atoms with van der Waals surface area (Å²) in [6.45, 7) is 10.5. The van der Waals surface area contributed by atoms with Gasteiger partial charge in [-0.05, 0) is 42.5 Å². The van der Waals surface area contributed by atoms with Crippen molar-refractivity contribution in [1.29, 1.82) is 0 Å². The van der Waals surface area contributed by atoms with Crippen LogP contribution in [0.2, 0.25) is 0 Å². The van der Waals surface area contributed by atoms with Gasteiger partial charge in [0.1, 0.15) is 0 Å². The Bertz CT molecular complexity index is 594. The first-order valence-corrected chi connectivity index (χ1v) is 7.33. The van der Waals surface area contributed by atoms with Gasteiger partial charge in [0, 0.05) is 10.4 Å². The van der Waals surface area contributed by atoms with Gasteiger partial charge >= 0.3 is 0 Å². The van der Waals surface area contributed by atoms with Crippen LogP contribution in [0.1, 0.15) is 52.0 Å². The molecule has 0 aliphatic carbocycles. The van der Waals surface area contributed by atoms with Crippen LogP contribution in [0, 0.1) is 13.8 Å². The van der Waals surface area contributed by atoms with Crippen molar-refractivity contribution >= 4 is 17.1 Å². The van der Waals surface area contributed by atoms with Crippen LogP contribution < -0.4 is 0 Å². The summed E-state index contributed by atoms with van der Waals surface area (Å²) in [7, 11) is 0. The lowest BCUT2D eigenvalue weighted by Crippen LogP contribution is -2.08. The molecule has 0 saturated carbocycles. The van der Waals surface area contributed by atoms with Crippen molar-refractivity contribution < 1.29 is 4.79 Å². The molecule has 0 fully saturated rings. The normalized spacial score (nSPS) is 11.6. The van der Waals surface area contributed by atoms with Crippen molar-refractivity contribution in [3.05, 3.63) is 56.8 Å². The molecular weight excluding hydrogens is 252 g/mol. The van der Waals surface area contributed by atoms with E-state index in [1.54, 1.807) is 11.3 Å². The van der Waals surface area contributed by atoms with E-state index in [2.05, 4.69) is 26.8 Å². The number of benzene rings is 1. The van der Waals surface area contributed by atoms with Gasteiger partial charge in [0.2, 0.25) is 5.78 Å². The van der Waals surface area contributed by atoms with Gasteiger partial charge in [-0.3, -0.25) is 4.79 Å². The Kier molecular flexibility index (Phi) is 3.64. The third kappa shape index (κ3) is 2.79. The fourth-order valence-corrected chi connectivity index (χ4v) is 3.17. The molecule has 1 heterocycles. The molecule has 0 aliphatic heterocycles. The number of carbonyl (C=O) groups excluding carboxylic acids is 1. The van der Waals surface area contributed by atoms with Crippen molar-refractivity contribution in [3.8, 4) is 0 Å². The summed E-state index contributed by atoms with van der Waals surface area (Å²) in [5.74, 6) is 0.149. The van der Waals surface area contributed by atoms with E-state index < -0.39 is 0 Å². The monoisotopic (exact) mass is 272 g/mol. The summed E-state index contributed by atoms with van der Waals surface area (Å²) < 4.78 is 0. The molecule has 0 atom stereocenters. The van der Waals surface area contributed by atoms with E-state index in [1.807, 2.05) is 38.1 Å². The zero-order chi connectivity index (χ0) is 14.2. The van der Waals surface area contributed by atoms with Crippen molar-refractivity contribution in [2.45, 2.75) is 40.0 Å². The smallest absolute Gasteiger partial charge is 0.203 e. The first-order valence-electron chi connectivity index (χ1n) is 6.52. The molecule has 1 aromatic heterocycles. The zero-order valence-electron chi connectivity index (χ0n) is 12.2. The average Bonchev–Trinajstić information content (AvgIpc) is 2.77. The van der Waals surface area contributed by atoms with E-state index in [4.69, 9.17) is 0 Å². The molecule has 0 spiro atoms. The SMILES string of the molecule is Cc1cccc(C)c1C(=O)c1ccc(C(C)(C)C)s1. The molecule has 19 heavy (non-hydrogen) atoms. The Balaban J connectivity index is 2.43. The lowest BCUT2D eigenvalue weighted by atomic mass is 9.95. The van der Waals surface area contributed by atoms with E-state index in [1.165, 1.54) is 4.88 Å². The molecule has 100 valence electrons. The lowest BCUT2D eigenvalue weighted by Gasteiger charge is -2.15. The second-order valence-electron chi connectivity index (χ2n) is 6.01. The number of aryl methyl sites for hydroxylation is 2. The Labute approximate surface area is 119 Å². The summed E-state index contributed by atoms with van der Waals surface area (Å²) in [6.07, 6.45) is 0. The Morgan fingerprint density at radius 1 is 1.00 bits per heavy atom. The predicted molar refractivity (Wildman–Crippen MR) is 82.4 cm³/mol. The molecule has 0 aliphatic rings. The molecule has 1 aromatic carbocycles. The third-order valence-corrected chi connectivity index (χ3v) is 4.79. The van der Waals surface area contributed by atoms with Crippen molar-refractivity contribution in [1.82, 2.24) is 0 Å². The molecule has 2 rings (SSSR count). The Morgan fingerprint density at radius 3 is 2.05 bits per heavy atom. The van der Waals surface area contributed by atoms with E-state index in [9.17, 15) is 4.79 Å². The van der Waals surface area contributed by atoms with Crippen LogP contribution in [0.15, 0.2) is 30.3 Å². The molecule has 0 bridgehead atoms. The fourth-order valence-electron chi connectivity index (χ4n) is 2.16. The minimum Gasteiger partial charge on any atom is -0.288 e. The summed E-state index contributed by atoms with van der Waals surface area (Å²) in [6, 6.07) is 10.0. The van der Waals surface area contributed by atoms with E-state index in [0.29, 0.717) is 0 Å². The molecule has 0 amide bonds. The zero-order valence-corrected chi connectivity index (χ0v) is 13.0. The maximum Gasteiger partial charge on any atom is 0.203 e. The molecule has 0 saturated heterocycles. The first kappa shape index (κ1) is 14.0. The van der Waals surface area contributed by atoms with E-state index >= 15 is 0 Å². The molecule has 1 nitrogen and oxygen atoms in total. The number of rotatable bonds is 2. The van der Waals surface area contributed by atoms with Crippen LogP contribution in [-0.2, 0) is 5.41 Å². The number of hydrogen-bond acceptors (Lipinski definition) is 2. The Morgan fingerprint density at radius 2 is 1.58 bits per heavy atom. The largest absolute Gasteiger partial charge is 0.288 e. The van der Waals surface area contributed by atoms with Crippen LogP contribution >= 0.6 is 11.3 Å². The quantitative estimate of drug-likeness (QED) is 0.711. The van der Waals surface area contributed by atoms with Crippen LogP contribution in [0.25, 0.3) is 0 Å². The predicted octanol–water partition coefficient (Wildman–Crippen LogP) is 4.89. The Hall–Kier alpha value is -1.41. The van der Waals surface area contributed by atoms with Gasteiger partial charge < -0.3 is 0 Å². The van der Waals surface area contributed by atoms with Crippen molar-refractivity contribution in [3.63, 3.8) is 0 Å². The minimum atomic E-state index is 0.101. The lowest BCUT2D eigenvalue weighted by molar-refractivity contribution is 0.104. The number of ketones is 1. The molecule has 0 unspecified atom stereocenters. The van der Waals surface area contributed by atoms with E-state index in [-0.39, 0.29) is 11.2 Å². The summed E-state index contributed by atoms with van der Waals surface area (Å²) in [5.41, 5.74) is 3.06. The summed E-state index contributed by atoms with van der Waals surface area (Å²) in [4.78, 5) is 14.7. The minimum absolute atomic E-state index is 0.101. The molecule has 0 N–H and O–H groups in total. The number of hydrogen-bond donors (Lipinski definition) is 0. The third-order valence-electron chi connectivity index (χ3n) is 3.28. The van der Waals surface area contributed by atoms with Gasteiger partial charge in [-0.25, -0.2) is 0 Å². The number of thiophene rings is 1. The summed E-state index contributed by atoms with van der Waals surface area (Å²) >= 11 is 1.61. The summed E-state index contributed by atoms with van der Waals surface area (Å²) in [5, 5.41) is 0. The molecular formula is C17H20OS. The van der Waals surface area contributed by atoms with Gasteiger partial charge in [0.05, 0.1) is 4.88 Å².